The van der Waals surface area contributed by atoms with Gasteiger partial charge in [-0.25, -0.2) is 14.2 Å². The Balaban J connectivity index is 2.59. The molecular formula is C14H16ClFN2O2. The van der Waals surface area contributed by atoms with Crippen molar-refractivity contribution in [3.05, 3.63) is 29.8 Å². The van der Waals surface area contributed by atoms with E-state index in [2.05, 4.69) is 4.98 Å². The number of carbonyl (C=O) groups is 1. The molecule has 6 heteroatoms. The van der Waals surface area contributed by atoms with Crippen LogP contribution in [0.3, 0.4) is 0 Å². The van der Waals surface area contributed by atoms with Crippen molar-refractivity contribution in [3.63, 3.8) is 0 Å². The predicted octanol–water partition coefficient (Wildman–Crippen LogP) is 3.60. The van der Waals surface area contributed by atoms with Gasteiger partial charge in [0.1, 0.15) is 17.7 Å². The first-order valence-electron chi connectivity index (χ1n) is 6.43. The summed E-state index contributed by atoms with van der Waals surface area (Å²) < 4.78 is 20.0. The molecule has 0 spiro atoms. The highest BCUT2D eigenvalue weighted by molar-refractivity contribution is 6.20. The molecule has 0 aliphatic heterocycles. The molecule has 0 saturated carbocycles. The van der Waals surface area contributed by atoms with Gasteiger partial charge in [0, 0.05) is 6.07 Å². The maximum Gasteiger partial charge on any atom is 0.328 e. The first-order valence-corrected chi connectivity index (χ1v) is 6.87. The summed E-state index contributed by atoms with van der Waals surface area (Å²) in [7, 11) is 0. The predicted molar refractivity (Wildman–Crippen MR) is 75.3 cm³/mol. The minimum Gasteiger partial charge on any atom is -0.464 e. The highest BCUT2D eigenvalue weighted by Crippen LogP contribution is 2.28. The van der Waals surface area contributed by atoms with Gasteiger partial charge in [-0.3, -0.25) is 0 Å². The zero-order chi connectivity index (χ0) is 14.9. The SMILES string of the molecule is CCOC(=O)C(C)n1c(C(C)Cl)nc2cc(F)ccc21. The van der Waals surface area contributed by atoms with Gasteiger partial charge in [-0.1, -0.05) is 0 Å². The number of fused-ring (bicyclic) bond motifs is 1. The molecule has 0 amide bonds. The van der Waals surface area contributed by atoms with Crippen LogP contribution in [0.1, 0.15) is 38.0 Å². The van der Waals surface area contributed by atoms with E-state index in [-0.39, 0.29) is 11.8 Å². The van der Waals surface area contributed by atoms with Crippen molar-refractivity contribution >= 4 is 28.6 Å². The fourth-order valence-electron chi connectivity index (χ4n) is 2.15. The maximum atomic E-state index is 13.3. The summed E-state index contributed by atoms with van der Waals surface area (Å²) >= 11 is 6.12. The lowest BCUT2D eigenvalue weighted by Gasteiger charge is -2.17. The third-order valence-electron chi connectivity index (χ3n) is 3.05. The first-order chi connectivity index (χ1) is 9.45. The lowest BCUT2D eigenvalue weighted by atomic mass is 10.2. The third kappa shape index (κ3) is 2.63. The molecule has 0 aliphatic rings. The number of aromatic nitrogens is 2. The highest BCUT2D eigenvalue weighted by Gasteiger charge is 2.24. The number of hydrogen-bond acceptors (Lipinski definition) is 3. The van der Waals surface area contributed by atoms with E-state index in [0.29, 0.717) is 23.5 Å². The highest BCUT2D eigenvalue weighted by atomic mass is 35.5. The molecule has 2 unspecified atom stereocenters. The normalized spacial score (nSPS) is 14.2. The van der Waals surface area contributed by atoms with E-state index in [0.717, 1.165) is 0 Å². The van der Waals surface area contributed by atoms with E-state index in [1.54, 1.807) is 31.4 Å². The van der Waals surface area contributed by atoms with Gasteiger partial charge >= 0.3 is 5.97 Å². The smallest absolute Gasteiger partial charge is 0.328 e. The number of alkyl halides is 1. The van der Waals surface area contributed by atoms with Crippen LogP contribution in [0.2, 0.25) is 0 Å². The monoisotopic (exact) mass is 298 g/mol. The van der Waals surface area contributed by atoms with Crippen molar-refractivity contribution in [2.45, 2.75) is 32.2 Å². The van der Waals surface area contributed by atoms with Gasteiger partial charge in [-0.2, -0.15) is 0 Å². The van der Waals surface area contributed by atoms with Gasteiger partial charge in [0.2, 0.25) is 0 Å². The van der Waals surface area contributed by atoms with E-state index in [4.69, 9.17) is 16.3 Å². The number of esters is 1. The van der Waals surface area contributed by atoms with Gasteiger partial charge in [0.25, 0.3) is 0 Å². The summed E-state index contributed by atoms with van der Waals surface area (Å²) in [5.41, 5.74) is 1.14. The summed E-state index contributed by atoms with van der Waals surface area (Å²) in [6, 6.07) is 3.69. The third-order valence-corrected chi connectivity index (χ3v) is 3.24. The number of rotatable bonds is 4. The van der Waals surface area contributed by atoms with E-state index in [1.165, 1.54) is 12.1 Å². The number of benzene rings is 1. The van der Waals surface area contributed by atoms with E-state index < -0.39 is 11.4 Å². The fraction of sp³-hybridized carbons (Fsp3) is 0.429. The lowest BCUT2D eigenvalue weighted by molar-refractivity contribution is -0.146. The maximum absolute atomic E-state index is 13.3. The van der Waals surface area contributed by atoms with Crippen molar-refractivity contribution in [1.82, 2.24) is 9.55 Å². The zero-order valence-electron chi connectivity index (χ0n) is 11.6. The Bertz CT molecular complexity index is 639. The first kappa shape index (κ1) is 14.8. The molecule has 1 aromatic carbocycles. The minimum atomic E-state index is -0.568. The van der Waals surface area contributed by atoms with Gasteiger partial charge in [0.05, 0.1) is 23.0 Å². The van der Waals surface area contributed by atoms with Crippen LogP contribution < -0.4 is 0 Å². The summed E-state index contributed by atoms with van der Waals surface area (Å²) in [5, 5.41) is -0.401. The van der Waals surface area contributed by atoms with Crippen molar-refractivity contribution in [1.29, 1.82) is 0 Å². The second-order valence-electron chi connectivity index (χ2n) is 4.52. The molecule has 2 atom stereocenters. The molecule has 0 aliphatic carbocycles. The summed E-state index contributed by atoms with van der Waals surface area (Å²) in [5.74, 6) is -0.220. The van der Waals surface area contributed by atoms with E-state index in [9.17, 15) is 9.18 Å². The Labute approximate surface area is 121 Å². The molecule has 0 fully saturated rings. The van der Waals surface area contributed by atoms with Crippen molar-refractivity contribution in [2.75, 3.05) is 6.61 Å². The summed E-state index contributed by atoms with van der Waals surface area (Å²) in [6.07, 6.45) is 0. The van der Waals surface area contributed by atoms with Crippen molar-refractivity contribution < 1.29 is 13.9 Å². The largest absolute Gasteiger partial charge is 0.464 e. The Morgan fingerprint density at radius 1 is 1.50 bits per heavy atom. The number of halogens is 2. The quantitative estimate of drug-likeness (QED) is 0.640. The summed E-state index contributed by atoms with van der Waals surface area (Å²) in [6.45, 7) is 5.52. The fourth-order valence-corrected chi connectivity index (χ4v) is 2.30. The minimum absolute atomic E-state index is 0.302. The molecule has 0 bridgehead atoms. The molecule has 108 valence electrons. The van der Waals surface area contributed by atoms with Crippen LogP contribution in [0, 0.1) is 5.82 Å². The van der Waals surface area contributed by atoms with Crippen molar-refractivity contribution in [2.24, 2.45) is 0 Å². The lowest BCUT2D eigenvalue weighted by Crippen LogP contribution is -2.21. The second-order valence-corrected chi connectivity index (χ2v) is 5.17. The Morgan fingerprint density at radius 2 is 2.20 bits per heavy atom. The number of imidazole rings is 1. The van der Waals surface area contributed by atoms with E-state index in [1.807, 2.05) is 0 Å². The number of nitrogens with zero attached hydrogens (tertiary/aromatic N) is 2. The van der Waals surface area contributed by atoms with Crippen molar-refractivity contribution in [3.8, 4) is 0 Å². The van der Waals surface area contributed by atoms with Crippen LogP contribution in [0.4, 0.5) is 4.39 Å². The van der Waals surface area contributed by atoms with Crippen LogP contribution in [-0.4, -0.2) is 22.1 Å². The molecule has 1 heterocycles. The topological polar surface area (TPSA) is 44.1 Å². The molecule has 0 radical (unpaired) electrons. The molecule has 2 rings (SSSR count). The molecule has 4 nitrogen and oxygen atoms in total. The zero-order valence-corrected chi connectivity index (χ0v) is 12.3. The van der Waals surface area contributed by atoms with Gasteiger partial charge in [0.15, 0.2) is 0 Å². The van der Waals surface area contributed by atoms with Crippen LogP contribution >= 0.6 is 11.6 Å². The van der Waals surface area contributed by atoms with Gasteiger partial charge in [-0.05, 0) is 32.9 Å². The van der Waals surface area contributed by atoms with Crippen LogP contribution in [0.5, 0.6) is 0 Å². The van der Waals surface area contributed by atoms with Gasteiger partial charge < -0.3 is 9.30 Å². The molecule has 2 aromatic rings. The van der Waals surface area contributed by atoms with E-state index >= 15 is 0 Å². The second kappa shape index (κ2) is 5.79. The standard InChI is InChI=1S/C14H16ClFN2O2/c1-4-20-14(19)9(3)18-12-6-5-10(16)7-11(12)17-13(18)8(2)15/h5-9H,4H2,1-3H3. The number of carbonyl (C=O) groups excluding carboxylic acids is 1. The van der Waals surface area contributed by atoms with Crippen LogP contribution in [0.15, 0.2) is 18.2 Å². The van der Waals surface area contributed by atoms with Gasteiger partial charge in [-0.15, -0.1) is 11.6 Å². The van der Waals surface area contributed by atoms with Crippen LogP contribution in [0.25, 0.3) is 11.0 Å². The Morgan fingerprint density at radius 3 is 2.80 bits per heavy atom. The molecule has 0 N–H and O–H groups in total. The molecule has 20 heavy (non-hydrogen) atoms. The molecular weight excluding hydrogens is 283 g/mol. The molecule has 0 saturated heterocycles. The summed E-state index contributed by atoms with van der Waals surface area (Å²) in [4.78, 5) is 16.3. The Kier molecular flexibility index (Phi) is 4.28. The molecule has 1 aromatic heterocycles. The van der Waals surface area contributed by atoms with Crippen LogP contribution in [-0.2, 0) is 9.53 Å². The average Bonchev–Trinajstić information content (AvgIpc) is 2.76. The Hall–Kier alpha value is -1.62. The number of hydrogen-bond donors (Lipinski definition) is 0. The number of ether oxygens (including phenoxy) is 1. The average molecular weight is 299 g/mol.